The molecule has 0 aromatic carbocycles. The van der Waals surface area contributed by atoms with Crippen molar-refractivity contribution in [3.63, 3.8) is 0 Å². The Balaban J connectivity index is 4.22. The summed E-state index contributed by atoms with van der Waals surface area (Å²) >= 11 is 0. The van der Waals surface area contributed by atoms with Crippen molar-refractivity contribution < 1.29 is 23.1 Å². The molecule has 0 aromatic heterocycles. The summed E-state index contributed by atoms with van der Waals surface area (Å²) in [4.78, 5) is 12.2. The van der Waals surface area contributed by atoms with Crippen LogP contribution in [0, 0.1) is 0 Å². The SMILES string of the molecule is CNC(C)(CN(C)CCC(F)(F)F)C(=O)O. The average molecular weight is 242 g/mol. The lowest BCUT2D eigenvalue weighted by Crippen LogP contribution is -2.55. The Labute approximate surface area is 92.4 Å². The van der Waals surface area contributed by atoms with Crippen LogP contribution in [-0.2, 0) is 4.79 Å². The van der Waals surface area contributed by atoms with Gasteiger partial charge in [-0.3, -0.25) is 4.79 Å². The molecular weight excluding hydrogens is 225 g/mol. The molecule has 0 aliphatic carbocycles. The summed E-state index contributed by atoms with van der Waals surface area (Å²) in [7, 11) is 2.93. The Morgan fingerprint density at radius 2 is 1.94 bits per heavy atom. The molecule has 1 unspecified atom stereocenters. The second-order valence-corrected chi connectivity index (χ2v) is 3.99. The molecular formula is C9H17F3N2O2. The van der Waals surface area contributed by atoms with Crippen molar-refractivity contribution in [2.45, 2.75) is 25.1 Å². The monoisotopic (exact) mass is 242 g/mol. The molecule has 0 heterocycles. The lowest BCUT2D eigenvalue weighted by molar-refractivity contribution is -0.145. The molecule has 0 bridgehead atoms. The first-order valence-corrected chi connectivity index (χ1v) is 4.78. The van der Waals surface area contributed by atoms with Crippen LogP contribution in [0.1, 0.15) is 13.3 Å². The van der Waals surface area contributed by atoms with E-state index in [9.17, 15) is 18.0 Å². The first kappa shape index (κ1) is 15.2. The molecule has 0 aliphatic heterocycles. The van der Waals surface area contributed by atoms with Gasteiger partial charge in [-0.05, 0) is 21.0 Å². The molecule has 0 aromatic rings. The van der Waals surface area contributed by atoms with Crippen molar-refractivity contribution in [3.05, 3.63) is 0 Å². The Morgan fingerprint density at radius 1 is 1.44 bits per heavy atom. The molecule has 0 spiro atoms. The molecule has 4 nitrogen and oxygen atoms in total. The fourth-order valence-electron chi connectivity index (χ4n) is 1.19. The van der Waals surface area contributed by atoms with Crippen LogP contribution in [0.3, 0.4) is 0 Å². The first-order chi connectivity index (χ1) is 7.10. The highest BCUT2D eigenvalue weighted by atomic mass is 19.4. The molecule has 1 atom stereocenters. The number of rotatable bonds is 6. The number of hydrogen-bond donors (Lipinski definition) is 2. The van der Waals surface area contributed by atoms with Gasteiger partial charge >= 0.3 is 12.1 Å². The normalized spacial score (nSPS) is 16.2. The van der Waals surface area contributed by atoms with E-state index in [0.29, 0.717) is 0 Å². The summed E-state index contributed by atoms with van der Waals surface area (Å²) in [5, 5.41) is 11.5. The van der Waals surface area contributed by atoms with Crippen molar-refractivity contribution in [3.8, 4) is 0 Å². The summed E-state index contributed by atoms with van der Waals surface area (Å²) in [5.41, 5.74) is -1.24. The predicted molar refractivity (Wildman–Crippen MR) is 53.3 cm³/mol. The second-order valence-electron chi connectivity index (χ2n) is 3.99. The summed E-state index contributed by atoms with van der Waals surface area (Å²) in [6.07, 6.45) is -5.16. The van der Waals surface area contributed by atoms with E-state index in [4.69, 9.17) is 5.11 Å². The number of nitrogens with one attached hydrogen (secondary N) is 1. The van der Waals surface area contributed by atoms with Crippen LogP contribution >= 0.6 is 0 Å². The van der Waals surface area contributed by atoms with E-state index in [2.05, 4.69) is 5.32 Å². The van der Waals surface area contributed by atoms with Gasteiger partial charge in [0.05, 0.1) is 6.42 Å². The number of nitrogens with zero attached hydrogens (tertiary/aromatic N) is 1. The van der Waals surface area contributed by atoms with Crippen LogP contribution < -0.4 is 5.32 Å². The maximum Gasteiger partial charge on any atom is 0.390 e. The van der Waals surface area contributed by atoms with Crippen LogP contribution in [0.15, 0.2) is 0 Å². The highest BCUT2D eigenvalue weighted by molar-refractivity contribution is 5.78. The van der Waals surface area contributed by atoms with Crippen LogP contribution in [-0.4, -0.2) is 54.9 Å². The topological polar surface area (TPSA) is 52.6 Å². The zero-order chi connectivity index (χ0) is 13.0. The largest absolute Gasteiger partial charge is 0.480 e. The van der Waals surface area contributed by atoms with E-state index in [-0.39, 0.29) is 13.1 Å². The number of carbonyl (C=O) groups is 1. The van der Waals surface area contributed by atoms with Gasteiger partial charge in [0.1, 0.15) is 5.54 Å². The highest BCUT2D eigenvalue weighted by Crippen LogP contribution is 2.19. The lowest BCUT2D eigenvalue weighted by atomic mass is 10.0. The molecule has 2 N–H and O–H groups in total. The Morgan fingerprint density at radius 3 is 2.25 bits per heavy atom. The van der Waals surface area contributed by atoms with Gasteiger partial charge in [-0.15, -0.1) is 0 Å². The van der Waals surface area contributed by atoms with E-state index in [1.807, 2.05) is 0 Å². The van der Waals surface area contributed by atoms with Crippen LogP contribution in [0.4, 0.5) is 13.2 Å². The number of hydrogen-bond acceptors (Lipinski definition) is 3. The lowest BCUT2D eigenvalue weighted by Gasteiger charge is -2.29. The smallest absolute Gasteiger partial charge is 0.390 e. The van der Waals surface area contributed by atoms with Gasteiger partial charge in [-0.2, -0.15) is 13.2 Å². The van der Waals surface area contributed by atoms with Crippen molar-refractivity contribution >= 4 is 5.97 Å². The maximum atomic E-state index is 11.9. The highest BCUT2D eigenvalue weighted by Gasteiger charge is 2.34. The summed E-state index contributed by atoms with van der Waals surface area (Å²) in [5.74, 6) is -1.09. The molecule has 0 fully saturated rings. The number of halogens is 3. The molecule has 16 heavy (non-hydrogen) atoms. The number of alkyl halides is 3. The number of carboxylic acids is 1. The third kappa shape index (κ3) is 5.32. The maximum absolute atomic E-state index is 11.9. The first-order valence-electron chi connectivity index (χ1n) is 4.78. The zero-order valence-corrected chi connectivity index (χ0v) is 9.56. The van der Waals surface area contributed by atoms with Crippen molar-refractivity contribution in [1.82, 2.24) is 10.2 Å². The molecule has 0 rings (SSSR count). The van der Waals surface area contributed by atoms with Crippen LogP contribution in [0.2, 0.25) is 0 Å². The quantitative estimate of drug-likeness (QED) is 0.727. The fraction of sp³-hybridized carbons (Fsp3) is 0.889. The van der Waals surface area contributed by atoms with Crippen LogP contribution in [0.25, 0.3) is 0 Å². The van der Waals surface area contributed by atoms with E-state index in [1.54, 1.807) is 0 Å². The third-order valence-corrected chi connectivity index (χ3v) is 2.39. The summed E-state index contributed by atoms with van der Waals surface area (Å²) < 4.78 is 35.8. The fourth-order valence-corrected chi connectivity index (χ4v) is 1.19. The second kappa shape index (κ2) is 5.49. The van der Waals surface area contributed by atoms with Gasteiger partial charge in [0.2, 0.25) is 0 Å². The van der Waals surface area contributed by atoms with E-state index >= 15 is 0 Å². The molecule has 7 heteroatoms. The minimum atomic E-state index is -4.21. The molecule has 0 radical (unpaired) electrons. The van der Waals surface area contributed by atoms with Crippen LogP contribution in [0.5, 0.6) is 0 Å². The Bertz CT molecular complexity index is 245. The Hall–Kier alpha value is -0.820. The third-order valence-electron chi connectivity index (χ3n) is 2.39. The van der Waals surface area contributed by atoms with E-state index < -0.39 is 24.1 Å². The van der Waals surface area contributed by atoms with Gasteiger partial charge in [0.25, 0.3) is 0 Å². The Kier molecular flexibility index (Phi) is 5.21. The molecule has 0 saturated heterocycles. The predicted octanol–water partition coefficient (Wildman–Crippen LogP) is 0.933. The molecule has 0 aliphatic rings. The number of carboxylic acid groups (broad SMARTS) is 1. The molecule has 96 valence electrons. The zero-order valence-electron chi connectivity index (χ0n) is 9.56. The van der Waals surface area contributed by atoms with Gasteiger partial charge in [0.15, 0.2) is 0 Å². The number of likely N-dealkylation sites (N-methyl/N-ethyl adjacent to an activating group) is 2. The standard InChI is InChI=1S/C9H17F3N2O2/c1-8(13-2,7(15)16)6-14(3)5-4-9(10,11)12/h13H,4-6H2,1-3H3,(H,15,16). The van der Waals surface area contributed by atoms with Gasteiger partial charge in [0, 0.05) is 13.1 Å². The van der Waals surface area contributed by atoms with E-state index in [1.165, 1.54) is 25.9 Å². The van der Waals surface area contributed by atoms with Gasteiger partial charge in [-0.25, -0.2) is 0 Å². The van der Waals surface area contributed by atoms with Gasteiger partial charge < -0.3 is 15.3 Å². The van der Waals surface area contributed by atoms with Crippen molar-refractivity contribution in [1.29, 1.82) is 0 Å². The van der Waals surface area contributed by atoms with Crippen molar-refractivity contribution in [2.24, 2.45) is 0 Å². The van der Waals surface area contributed by atoms with Gasteiger partial charge in [-0.1, -0.05) is 0 Å². The average Bonchev–Trinajstić information content (AvgIpc) is 2.13. The summed E-state index contributed by atoms with van der Waals surface area (Å²) in [6, 6.07) is 0. The summed E-state index contributed by atoms with van der Waals surface area (Å²) in [6.45, 7) is 1.22. The molecule has 0 saturated carbocycles. The molecule has 0 amide bonds. The van der Waals surface area contributed by atoms with Crippen molar-refractivity contribution in [2.75, 3.05) is 27.2 Å². The number of aliphatic carboxylic acids is 1. The minimum absolute atomic E-state index is 0.00884. The van der Waals surface area contributed by atoms with E-state index in [0.717, 1.165) is 0 Å². The minimum Gasteiger partial charge on any atom is -0.480 e.